The maximum absolute atomic E-state index is 12.4. The van der Waals surface area contributed by atoms with Crippen molar-refractivity contribution in [1.29, 1.82) is 5.26 Å². The molecule has 1 saturated heterocycles. The van der Waals surface area contributed by atoms with Gasteiger partial charge in [0.15, 0.2) is 6.61 Å². The van der Waals surface area contributed by atoms with Crippen LogP contribution in [0.5, 0.6) is 5.75 Å². The van der Waals surface area contributed by atoms with Gasteiger partial charge in [0.25, 0.3) is 5.91 Å². The molecular formula is C18H25N3O3. The standard InChI is InChI=1S/C18H25N3O3/c1-16-3-5-17(6-4-16)24-15-18(22)21(8-2-7-19)10-9-20-11-13-23-14-12-20/h3-6H,2,8-15H2,1H3. The van der Waals surface area contributed by atoms with E-state index in [9.17, 15) is 4.79 Å². The van der Waals surface area contributed by atoms with E-state index >= 15 is 0 Å². The van der Waals surface area contributed by atoms with E-state index in [2.05, 4.69) is 11.0 Å². The number of aryl methyl sites for hydroxylation is 1. The lowest BCUT2D eigenvalue weighted by molar-refractivity contribution is -0.133. The van der Waals surface area contributed by atoms with Crippen LogP contribution in [0.2, 0.25) is 0 Å². The van der Waals surface area contributed by atoms with E-state index < -0.39 is 0 Å². The molecule has 0 spiro atoms. The van der Waals surface area contributed by atoms with Gasteiger partial charge in [-0.05, 0) is 19.1 Å². The minimum atomic E-state index is -0.0842. The molecule has 0 radical (unpaired) electrons. The summed E-state index contributed by atoms with van der Waals surface area (Å²) >= 11 is 0. The molecule has 0 bridgehead atoms. The quantitative estimate of drug-likeness (QED) is 0.721. The summed E-state index contributed by atoms with van der Waals surface area (Å²) in [6, 6.07) is 9.72. The molecule has 1 aromatic carbocycles. The van der Waals surface area contributed by atoms with Gasteiger partial charge in [-0.2, -0.15) is 5.26 Å². The number of amides is 1. The summed E-state index contributed by atoms with van der Waals surface area (Å²) in [4.78, 5) is 16.4. The van der Waals surface area contributed by atoms with Crippen LogP contribution in [0.15, 0.2) is 24.3 Å². The summed E-state index contributed by atoms with van der Waals surface area (Å²) in [7, 11) is 0. The molecule has 0 atom stereocenters. The van der Waals surface area contributed by atoms with Gasteiger partial charge in [-0.25, -0.2) is 0 Å². The first-order valence-corrected chi connectivity index (χ1v) is 8.33. The van der Waals surface area contributed by atoms with Crippen molar-refractivity contribution >= 4 is 5.91 Å². The number of benzene rings is 1. The SMILES string of the molecule is Cc1ccc(OCC(=O)N(CCC#N)CCN2CCOCC2)cc1. The van der Waals surface area contributed by atoms with Crippen molar-refractivity contribution in [1.82, 2.24) is 9.80 Å². The number of hydrogen-bond acceptors (Lipinski definition) is 5. The molecule has 1 fully saturated rings. The smallest absolute Gasteiger partial charge is 0.260 e. The number of nitrogens with zero attached hydrogens (tertiary/aromatic N) is 3. The Balaban J connectivity index is 1.81. The van der Waals surface area contributed by atoms with Gasteiger partial charge in [-0.3, -0.25) is 9.69 Å². The highest BCUT2D eigenvalue weighted by molar-refractivity contribution is 5.77. The summed E-state index contributed by atoms with van der Waals surface area (Å²) in [6.07, 6.45) is 0.333. The first-order valence-electron chi connectivity index (χ1n) is 8.33. The van der Waals surface area contributed by atoms with Crippen molar-refractivity contribution in [3.63, 3.8) is 0 Å². The molecular weight excluding hydrogens is 306 g/mol. The van der Waals surface area contributed by atoms with Crippen LogP contribution in [-0.4, -0.2) is 68.3 Å². The van der Waals surface area contributed by atoms with Gasteiger partial charge in [0, 0.05) is 32.7 Å². The zero-order valence-electron chi connectivity index (χ0n) is 14.2. The van der Waals surface area contributed by atoms with Crippen LogP contribution >= 0.6 is 0 Å². The Bertz CT molecular complexity index is 548. The van der Waals surface area contributed by atoms with Crippen LogP contribution in [0.25, 0.3) is 0 Å². The van der Waals surface area contributed by atoms with Crippen molar-refractivity contribution in [2.75, 3.05) is 52.5 Å². The second-order valence-corrected chi connectivity index (χ2v) is 5.84. The summed E-state index contributed by atoms with van der Waals surface area (Å²) in [5.74, 6) is 0.599. The molecule has 1 heterocycles. The van der Waals surface area contributed by atoms with Crippen LogP contribution in [-0.2, 0) is 9.53 Å². The molecule has 0 N–H and O–H groups in total. The van der Waals surface area contributed by atoms with E-state index in [0.717, 1.165) is 38.4 Å². The van der Waals surface area contributed by atoms with E-state index in [4.69, 9.17) is 14.7 Å². The fourth-order valence-electron chi connectivity index (χ4n) is 2.50. The fraction of sp³-hybridized carbons (Fsp3) is 0.556. The second kappa shape index (κ2) is 9.91. The van der Waals surface area contributed by atoms with E-state index in [0.29, 0.717) is 25.3 Å². The summed E-state index contributed by atoms with van der Waals surface area (Å²) < 4.78 is 10.9. The summed E-state index contributed by atoms with van der Waals surface area (Å²) in [5.41, 5.74) is 1.15. The van der Waals surface area contributed by atoms with Crippen molar-refractivity contribution in [3.05, 3.63) is 29.8 Å². The van der Waals surface area contributed by atoms with E-state index in [1.54, 1.807) is 4.90 Å². The lowest BCUT2D eigenvalue weighted by Gasteiger charge is -2.29. The molecule has 0 aromatic heterocycles. The number of carbonyl (C=O) groups excluding carboxylic acids is 1. The molecule has 6 nitrogen and oxygen atoms in total. The Labute approximate surface area is 143 Å². The average Bonchev–Trinajstić information content (AvgIpc) is 2.62. The molecule has 0 unspecified atom stereocenters. The lowest BCUT2D eigenvalue weighted by Crippen LogP contribution is -2.44. The number of ether oxygens (including phenoxy) is 2. The molecule has 130 valence electrons. The Morgan fingerprint density at radius 3 is 2.67 bits per heavy atom. The molecule has 0 aliphatic carbocycles. The van der Waals surface area contributed by atoms with E-state index in [-0.39, 0.29) is 12.5 Å². The number of rotatable bonds is 8. The Hall–Kier alpha value is -2.10. The normalized spacial score (nSPS) is 14.8. The predicted molar refractivity (Wildman–Crippen MR) is 90.7 cm³/mol. The highest BCUT2D eigenvalue weighted by Crippen LogP contribution is 2.11. The van der Waals surface area contributed by atoms with E-state index in [1.807, 2.05) is 31.2 Å². The van der Waals surface area contributed by atoms with Crippen molar-refractivity contribution in [3.8, 4) is 11.8 Å². The van der Waals surface area contributed by atoms with Crippen molar-refractivity contribution in [2.24, 2.45) is 0 Å². The van der Waals surface area contributed by atoms with Gasteiger partial charge in [0.1, 0.15) is 5.75 Å². The van der Waals surface area contributed by atoms with Gasteiger partial charge < -0.3 is 14.4 Å². The predicted octanol–water partition coefficient (Wildman–Crippen LogP) is 1.45. The number of hydrogen-bond donors (Lipinski definition) is 0. The minimum Gasteiger partial charge on any atom is -0.484 e. The highest BCUT2D eigenvalue weighted by Gasteiger charge is 2.17. The Kier molecular flexibility index (Phi) is 7.53. The third-order valence-electron chi connectivity index (χ3n) is 4.02. The fourth-order valence-corrected chi connectivity index (χ4v) is 2.50. The molecule has 1 amide bonds. The Morgan fingerprint density at radius 1 is 1.29 bits per heavy atom. The molecule has 1 aliphatic heterocycles. The maximum atomic E-state index is 12.4. The molecule has 0 saturated carbocycles. The summed E-state index contributed by atoms with van der Waals surface area (Å²) in [6.45, 7) is 7.10. The second-order valence-electron chi connectivity index (χ2n) is 5.84. The monoisotopic (exact) mass is 331 g/mol. The van der Waals surface area contributed by atoms with Crippen LogP contribution in [0, 0.1) is 18.3 Å². The molecule has 1 aliphatic rings. The van der Waals surface area contributed by atoms with Gasteiger partial charge in [0.2, 0.25) is 0 Å². The van der Waals surface area contributed by atoms with Crippen molar-refractivity contribution in [2.45, 2.75) is 13.3 Å². The third kappa shape index (κ3) is 6.19. The summed E-state index contributed by atoms with van der Waals surface area (Å²) in [5, 5.41) is 8.80. The first kappa shape index (κ1) is 18.2. The number of nitriles is 1. The van der Waals surface area contributed by atoms with Crippen LogP contribution in [0.1, 0.15) is 12.0 Å². The molecule has 2 rings (SSSR count). The highest BCUT2D eigenvalue weighted by atomic mass is 16.5. The molecule has 1 aromatic rings. The van der Waals surface area contributed by atoms with Gasteiger partial charge in [-0.15, -0.1) is 0 Å². The van der Waals surface area contributed by atoms with E-state index in [1.165, 1.54) is 0 Å². The van der Waals surface area contributed by atoms with Crippen LogP contribution in [0.4, 0.5) is 0 Å². The number of carbonyl (C=O) groups is 1. The van der Waals surface area contributed by atoms with Gasteiger partial charge in [0.05, 0.1) is 25.7 Å². The maximum Gasteiger partial charge on any atom is 0.260 e. The Morgan fingerprint density at radius 2 is 2.00 bits per heavy atom. The topological polar surface area (TPSA) is 65.8 Å². The molecule has 6 heteroatoms. The van der Waals surface area contributed by atoms with Crippen LogP contribution < -0.4 is 4.74 Å². The van der Waals surface area contributed by atoms with Crippen LogP contribution in [0.3, 0.4) is 0 Å². The van der Waals surface area contributed by atoms with Gasteiger partial charge >= 0.3 is 0 Å². The number of morpholine rings is 1. The third-order valence-corrected chi connectivity index (χ3v) is 4.02. The average molecular weight is 331 g/mol. The first-order chi connectivity index (χ1) is 11.7. The minimum absolute atomic E-state index is 0.00238. The van der Waals surface area contributed by atoms with Gasteiger partial charge in [-0.1, -0.05) is 17.7 Å². The zero-order chi connectivity index (χ0) is 17.2. The largest absolute Gasteiger partial charge is 0.484 e. The zero-order valence-corrected chi connectivity index (χ0v) is 14.2. The van der Waals surface area contributed by atoms with Crippen molar-refractivity contribution < 1.29 is 14.3 Å². The molecule has 24 heavy (non-hydrogen) atoms. The lowest BCUT2D eigenvalue weighted by atomic mass is 10.2.